The van der Waals surface area contributed by atoms with Crippen molar-refractivity contribution in [3.63, 3.8) is 0 Å². The highest BCUT2D eigenvalue weighted by Gasteiger charge is 2.15. The van der Waals surface area contributed by atoms with Crippen molar-refractivity contribution in [2.24, 2.45) is 13.0 Å². The predicted octanol–water partition coefficient (Wildman–Crippen LogP) is 3.60. The van der Waals surface area contributed by atoms with E-state index in [9.17, 15) is 9.59 Å². The van der Waals surface area contributed by atoms with Gasteiger partial charge in [0.25, 0.3) is 0 Å². The van der Waals surface area contributed by atoms with E-state index in [4.69, 9.17) is 16.0 Å². The number of nitrogens with zero attached hydrogens (tertiary/aromatic N) is 1. The molecule has 0 aliphatic rings. The van der Waals surface area contributed by atoms with E-state index in [-0.39, 0.29) is 11.8 Å². The summed E-state index contributed by atoms with van der Waals surface area (Å²) in [6.07, 6.45) is 0.620. The number of halogens is 1. The monoisotopic (exact) mass is 344 g/mol. The zero-order valence-electron chi connectivity index (χ0n) is 13.4. The van der Waals surface area contributed by atoms with Gasteiger partial charge in [0.2, 0.25) is 5.91 Å². The van der Waals surface area contributed by atoms with Gasteiger partial charge in [0.15, 0.2) is 5.58 Å². The Hall–Kier alpha value is -2.53. The normalized spacial score (nSPS) is 12.3. The molecule has 124 valence electrons. The molecule has 1 aromatic heterocycles. The van der Waals surface area contributed by atoms with Crippen LogP contribution in [-0.4, -0.2) is 10.5 Å². The van der Waals surface area contributed by atoms with Crippen molar-refractivity contribution in [3.05, 3.63) is 63.6 Å². The third-order valence-electron chi connectivity index (χ3n) is 3.96. The van der Waals surface area contributed by atoms with Crippen molar-refractivity contribution < 1.29 is 9.21 Å². The van der Waals surface area contributed by atoms with Gasteiger partial charge in [0.05, 0.1) is 5.52 Å². The number of aryl methyl sites for hydroxylation is 1. The van der Waals surface area contributed by atoms with E-state index >= 15 is 0 Å². The average Bonchev–Trinajstić information content (AvgIpc) is 2.84. The van der Waals surface area contributed by atoms with E-state index in [0.29, 0.717) is 28.2 Å². The molecule has 6 heteroatoms. The highest BCUT2D eigenvalue weighted by molar-refractivity contribution is 6.30. The molecule has 0 aliphatic carbocycles. The first-order chi connectivity index (χ1) is 11.4. The second-order valence-electron chi connectivity index (χ2n) is 5.83. The Bertz CT molecular complexity index is 941. The van der Waals surface area contributed by atoms with Gasteiger partial charge in [-0.3, -0.25) is 9.36 Å². The third kappa shape index (κ3) is 3.36. The Morgan fingerprint density at radius 3 is 2.67 bits per heavy atom. The minimum absolute atomic E-state index is 0.0854. The molecule has 0 spiro atoms. The molecule has 0 radical (unpaired) electrons. The zero-order chi connectivity index (χ0) is 17.3. The summed E-state index contributed by atoms with van der Waals surface area (Å²) in [5, 5.41) is 3.56. The van der Waals surface area contributed by atoms with Gasteiger partial charge < -0.3 is 9.73 Å². The number of carbonyl (C=O) groups is 1. The number of aromatic nitrogens is 1. The standard InChI is InChI=1S/C18H17ClN2O3/c1-11(9-12-3-5-13(19)6-4-12)17(22)20-14-7-8-16-15(10-14)21(2)18(23)24-16/h3-8,10-11H,9H2,1-2H3,(H,20,22). The summed E-state index contributed by atoms with van der Waals surface area (Å²) in [6, 6.07) is 12.6. The van der Waals surface area contributed by atoms with Gasteiger partial charge in [0.1, 0.15) is 0 Å². The van der Waals surface area contributed by atoms with Gasteiger partial charge in [-0.15, -0.1) is 0 Å². The molecule has 3 rings (SSSR count). The number of carbonyl (C=O) groups excluding carboxylic acids is 1. The second kappa shape index (κ2) is 6.53. The van der Waals surface area contributed by atoms with Crippen molar-refractivity contribution in [1.29, 1.82) is 0 Å². The van der Waals surface area contributed by atoms with Crippen LogP contribution in [0, 0.1) is 5.92 Å². The van der Waals surface area contributed by atoms with Gasteiger partial charge >= 0.3 is 5.76 Å². The van der Waals surface area contributed by atoms with Crippen LogP contribution in [0.15, 0.2) is 51.7 Å². The van der Waals surface area contributed by atoms with Crippen LogP contribution in [0.2, 0.25) is 5.02 Å². The van der Waals surface area contributed by atoms with Crippen molar-refractivity contribution in [1.82, 2.24) is 4.57 Å². The van der Waals surface area contributed by atoms with E-state index in [0.717, 1.165) is 5.56 Å². The van der Waals surface area contributed by atoms with E-state index in [2.05, 4.69) is 5.32 Å². The molecule has 1 heterocycles. The van der Waals surface area contributed by atoms with E-state index < -0.39 is 5.76 Å². The lowest BCUT2D eigenvalue weighted by Crippen LogP contribution is -2.22. The lowest BCUT2D eigenvalue weighted by molar-refractivity contribution is -0.119. The van der Waals surface area contributed by atoms with Crippen LogP contribution in [0.3, 0.4) is 0 Å². The predicted molar refractivity (Wildman–Crippen MR) is 94.4 cm³/mol. The first-order valence-electron chi connectivity index (χ1n) is 7.59. The maximum Gasteiger partial charge on any atom is 0.419 e. The number of fused-ring (bicyclic) bond motifs is 1. The molecule has 1 unspecified atom stereocenters. The van der Waals surface area contributed by atoms with Gasteiger partial charge in [0, 0.05) is 23.7 Å². The summed E-state index contributed by atoms with van der Waals surface area (Å²) in [6.45, 7) is 1.87. The fourth-order valence-electron chi connectivity index (χ4n) is 2.54. The first-order valence-corrected chi connectivity index (χ1v) is 7.97. The summed E-state index contributed by atoms with van der Waals surface area (Å²) < 4.78 is 6.48. The van der Waals surface area contributed by atoms with E-state index in [1.165, 1.54) is 4.57 Å². The van der Waals surface area contributed by atoms with Crippen molar-refractivity contribution in [2.75, 3.05) is 5.32 Å². The molecule has 0 bridgehead atoms. The summed E-state index contributed by atoms with van der Waals surface area (Å²) >= 11 is 5.87. The molecule has 1 atom stereocenters. The molecule has 0 saturated heterocycles. The summed E-state index contributed by atoms with van der Waals surface area (Å²) in [5.41, 5.74) is 2.82. The molecular weight excluding hydrogens is 328 g/mol. The Morgan fingerprint density at radius 1 is 1.25 bits per heavy atom. The summed E-state index contributed by atoms with van der Waals surface area (Å²) in [5.74, 6) is -0.711. The minimum Gasteiger partial charge on any atom is -0.408 e. The molecular formula is C18H17ClN2O3. The van der Waals surface area contributed by atoms with E-state index in [1.54, 1.807) is 25.2 Å². The molecule has 0 saturated carbocycles. The second-order valence-corrected chi connectivity index (χ2v) is 6.27. The van der Waals surface area contributed by atoms with Crippen LogP contribution in [0.4, 0.5) is 5.69 Å². The lowest BCUT2D eigenvalue weighted by Gasteiger charge is -2.12. The van der Waals surface area contributed by atoms with Crippen LogP contribution in [-0.2, 0) is 18.3 Å². The molecule has 0 fully saturated rings. The number of rotatable bonds is 4. The zero-order valence-corrected chi connectivity index (χ0v) is 14.1. The summed E-state index contributed by atoms with van der Waals surface area (Å²) in [4.78, 5) is 23.9. The SMILES string of the molecule is CC(Cc1ccc(Cl)cc1)C(=O)Nc1ccc2oc(=O)n(C)c2c1. The molecule has 1 amide bonds. The van der Waals surface area contributed by atoms with Crippen molar-refractivity contribution in [3.8, 4) is 0 Å². The van der Waals surface area contributed by atoms with Gasteiger partial charge in [-0.25, -0.2) is 4.79 Å². The molecule has 3 aromatic rings. The number of benzene rings is 2. The first kappa shape index (κ1) is 16.3. The number of hydrogen-bond donors (Lipinski definition) is 1. The van der Waals surface area contributed by atoms with E-state index in [1.807, 2.05) is 31.2 Å². The molecule has 0 aliphatic heterocycles. The molecule has 2 aromatic carbocycles. The fourth-order valence-corrected chi connectivity index (χ4v) is 2.66. The van der Waals surface area contributed by atoms with Gasteiger partial charge in [-0.05, 0) is 42.3 Å². The van der Waals surface area contributed by atoms with Gasteiger partial charge in [-0.2, -0.15) is 0 Å². The Balaban J connectivity index is 1.72. The number of oxazole rings is 1. The number of hydrogen-bond acceptors (Lipinski definition) is 3. The molecule has 24 heavy (non-hydrogen) atoms. The Labute approximate surface area is 143 Å². The van der Waals surface area contributed by atoms with Crippen LogP contribution >= 0.6 is 11.6 Å². The van der Waals surface area contributed by atoms with Gasteiger partial charge in [-0.1, -0.05) is 30.7 Å². The minimum atomic E-state index is -0.426. The van der Waals surface area contributed by atoms with Crippen molar-refractivity contribution in [2.45, 2.75) is 13.3 Å². The number of anilines is 1. The quantitative estimate of drug-likeness (QED) is 0.786. The highest BCUT2D eigenvalue weighted by Crippen LogP contribution is 2.19. The number of nitrogens with one attached hydrogen (secondary N) is 1. The molecule has 5 nitrogen and oxygen atoms in total. The highest BCUT2D eigenvalue weighted by atomic mass is 35.5. The topological polar surface area (TPSA) is 64.2 Å². The van der Waals surface area contributed by atoms with Crippen LogP contribution in [0.1, 0.15) is 12.5 Å². The van der Waals surface area contributed by atoms with Crippen molar-refractivity contribution >= 4 is 34.3 Å². The smallest absolute Gasteiger partial charge is 0.408 e. The van der Waals surface area contributed by atoms with Crippen LogP contribution < -0.4 is 11.1 Å². The average molecular weight is 345 g/mol. The van der Waals surface area contributed by atoms with Crippen LogP contribution in [0.5, 0.6) is 0 Å². The van der Waals surface area contributed by atoms with Crippen LogP contribution in [0.25, 0.3) is 11.1 Å². The fraction of sp³-hybridized carbons (Fsp3) is 0.222. The molecule has 1 N–H and O–H groups in total. The third-order valence-corrected chi connectivity index (χ3v) is 4.21. The lowest BCUT2D eigenvalue weighted by atomic mass is 10.0. The maximum absolute atomic E-state index is 12.4. The summed E-state index contributed by atoms with van der Waals surface area (Å²) in [7, 11) is 1.63. The maximum atomic E-state index is 12.4. The Kier molecular flexibility index (Phi) is 4.44. The number of amides is 1. The Morgan fingerprint density at radius 2 is 1.96 bits per heavy atom. The largest absolute Gasteiger partial charge is 0.419 e.